The van der Waals surface area contributed by atoms with Crippen LogP contribution in [-0.2, 0) is 6.42 Å². The second-order valence-corrected chi connectivity index (χ2v) is 6.46. The Bertz CT molecular complexity index is 768. The molecule has 0 amide bonds. The van der Waals surface area contributed by atoms with Crippen LogP contribution in [0.3, 0.4) is 0 Å². The second kappa shape index (κ2) is 6.40. The van der Waals surface area contributed by atoms with Crippen LogP contribution in [0.4, 0.5) is 17.7 Å². The molecule has 4 unspecified atom stereocenters. The molecule has 4 rings (SSSR count). The van der Waals surface area contributed by atoms with Gasteiger partial charge in [0.1, 0.15) is 5.83 Å². The normalized spacial score (nSPS) is 33.8. The first-order valence-corrected chi connectivity index (χ1v) is 8.24. The van der Waals surface area contributed by atoms with Crippen molar-refractivity contribution < 1.29 is 17.7 Å². The minimum absolute atomic E-state index is 0.0642. The van der Waals surface area contributed by atoms with Gasteiger partial charge in [-0.3, -0.25) is 0 Å². The monoisotopic (exact) mass is 367 g/mol. The van der Waals surface area contributed by atoms with Gasteiger partial charge in [0.15, 0.2) is 11.5 Å². The highest BCUT2D eigenvalue weighted by atomic mass is 19.2. The Balaban J connectivity index is 1.68. The van der Waals surface area contributed by atoms with Gasteiger partial charge in [-0.15, -0.1) is 5.10 Å². The smallest absolute Gasteiger partial charge is 0.201 e. The minimum Gasteiger partial charge on any atom is -0.302 e. The van der Waals surface area contributed by atoms with E-state index in [0.29, 0.717) is 5.56 Å². The fraction of sp³-hybridized carbons (Fsp3) is 0.353. The summed E-state index contributed by atoms with van der Waals surface area (Å²) in [6.45, 7) is -0.179. The Labute approximate surface area is 147 Å². The topological polar surface area (TPSA) is 42.9 Å². The largest absolute Gasteiger partial charge is 0.302 e. The number of nitrogens with zero attached hydrogens (tertiary/aromatic N) is 3. The molecule has 2 heterocycles. The van der Waals surface area contributed by atoms with E-state index < -0.39 is 29.8 Å². The number of fused-ring (bicyclic) bond motifs is 1. The van der Waals surface area contributed by atoms with E-state index in [1.54, 1.807) is 30.3 Å². The zero-order valence-electron chi connectivity index (χ0n) is 13.6. The van der Waals surface area contributed by atoms with E-state index in [1.165, 1.54) is 12.2 Å². The predicted octanol–water partition coefficient (Wildman–Crippen LogP) is 2.48. The number of hydrogen-bond donors (Lipinski definition) is 2. The molecule has 1 aromatic rings. The average molecular weight is 367 g/mol. The molecule has 1 fully saturated rings. The molecule has 0 spiro atoms. The van der Waals surface area contributed by atoms with Gasteiger partial charge >= 0.3 is 0 Å². The van der Waals surface area contributed by atoms with Crippen LogP contribution in [0.15, 0.2) is 59.5 Å². The van der Waals surface area contributed by atoms with Crippen molar-refractivity contribution in [1.29, 1.82) is 0 Å². The number of hydrazone groups is 1. The highest BCUT2D eigenvalue weighted by Crippen LogP contribution is 2.42. The van der Waals surface area contributed by atoms with Gasteiger partial charge < -0.3 is 5.32 Å². The van der Waals surface area contributed by atoms with E-state index in [0.717, 1.165) is 11.1 Å². The van der Waals surface area contributed by atoms with Crippen LogP contribution < -0.4 is 10.9 Å². The van der Waals surface area contributed by atoms with E-state index in [-0.39, 0.29) is 24.1 Å². The summed E-state index contributed by atoms with van der Waals surface area (Å²) in [4.78, 5) is 0. The molecule has 0 radical (unpaired) electrons. The number of alkyl halides is 2. The van der Waals surface area contributed by atoms with Crippen molar-refractivity contribution in [3.05, 3.63) is 60.0 Å². The third kappa shape index (κ3) is 2.77. The van der Waals surface area contributed by atoms with Gasteiger partial charge in [-0.05, 0) is 17.0 Å². The summed E-state index contributed by atoms with van der Waals surface area (Å²) in [6.07, 6.45) is 2.20. The number of amidine groups is 1. The molecular weight excluding hydrogens is 350 g/mol. The number of nitrogens with one attached hydrogen (secondary N) is 2. The van der Waals surface area contributed by atoms with Gasteiger partial charge in [0.05, 0.1) is 6.04 Å². The predicted molar refractivity (Wildman–Crippen MR) is 87.8 cm³/mol. The summed E-state index contributed by atoms with van der Waals surface area (Å²) in [5, 5.41) is 7.14. The first kappa shape index (κ1) is 17.0. The number of benzene rings is 1. The van der Waals surface area contributed by atoms with Crippen molar-refractivity contribution in [1.82, 2.24) is 21.2 Å². The van der Waals surface area contributed by atoms with E-state index in [2.05, 4.69) is 16.0 Å². The van der Waals surface area contributed by atoms with E-state index in [1.807, 2.05) is 0 Å². The molecular formula is C17H17F4N5. The zero-order chi connectivity index (χ0) is 18.3. The van der Waals surface area contributed by atoms with Crippen molar-refractivity contribution in [3.63, 3.8) is 0 Å². The molecule has 9 heteroatoms. The third-order valence-electron chi connectivity index (χ3n) is 4.84. The lowest BCUT2D eigenvalue weighted by atomic mass is 9.75. The summed E-state index contributed by atoms with van der Waals surface area (Å²) >= 11 is 0. The van der Waals surface area contributed by atoms with E-state index in [9.17, 15) is 13.3 Å². The maximum atomic E-state index is 15.9. The van der Waals surface area contributed by atoms with Gasteiger partial charge in [0.2, 0.25) is 6.30 Å². The van der Waals surface area contributed by atoms with E-state index >= 15 is 4.39 Å². The van der Waals surface area contributed by atoms with E-state index in [4.69, 9.17) is 0 Å². The molecule has 0 aromatic heterocycles. The maximum absolute atomic E-state index is 15.9. The molecule has 26 heavy (non-hydrogen) atoms. The fourth-order valence-corrected chi connectivity index (χ4v) is 3.59. The van der Waals surface area contributed by atoms with Crippen LogP contribution in [0, 0.1) is 5.92 Å². The Morgan fingerprint density at radius 3 is 2.81 bits per heavy atom. The van der Waals surface area contributed by atoms with Crippen LogP contribution in [0.2, 0.25) is 0 Å². The van der Waals surface area contributed by atoms with Crippen molar-refractivity contribution in [3.8, 4) is 0 Å². The molecule has 0 saturated carbocycles. The third-order valence-corrected chi connectivity index (χ3v) is 4.84. The molecule has 5 nitrogen and oxygen atoms in total. The number of piperazine rings is 1. The molecule has 1 aliphatic carbocycles. The Hall–Kier alpha value is -2.39. The van der Waals surface area contributed by atoms with Crippen LogP contribution in [-0.4, -0.2) is 40.7 Å². The number of allylic oxidation sites excluding steroid dienone is 3. The van der Waals surface area contributed by atoms with Crippen LogP contribution in [0.25, 0.3) is 0 Å². The lowest BCUT2D eigenvalue weighted by molar-refractivity contribution is -0.0906. The van der Waals surface area contributed by atoms with Crippen LogP contribution in [0.1, 0.15) is 5.56 Å². The maximum Gasteiger partial charge on any atom is 0.201 e. The summed E-state index contributed by atoms with van der Waals surface area (Å²) in [6, 6.07) is 7.79. The Morgan fingerprint density at radius 2 is 2.04 bits per heavy atom. The highest BCUT2D eigenvalue weighted by Gasteiger charge is 2.52. The second-order valence-electron chi connectivity index (χ2n) is 6.46. The van der Waals surface area contributed by atoms with Crippen molar-refractivity contribution in [2.75, 3.05) is 6.54 Å². The zero-order valence-corrected chi connectivity index (χ0v) is 13.6. The minimum atomic E-state index is -2.37. The van der Waals surface area contributed by atoms with Gasteiger partial charge in [-0.25, -0.2) is 18.2 Å². The van der Waals surface area contributed by atoms with Crippen LogP contribution >= 0.6 is 0 Å². The van der Waals surface area contributed by atoms with Gasteiger partial charge in [0, 0.05) is 18.9 Å². The first-order chi connectivity index (χ1) is 12.5. The number of halogens is 4. The highest BCUT2D eigenvalue weighted by molar-refractivity contribution is 5.89. The molecule has 3 aliphatic rings. The van der Waals surface area contributed by atoms with Gasteiger partial charge in [-0.1, -0.05) is 52.5 Å². The fourth-order valence-electron chi connectivity index (χ4n) is 3.59. The van der Waals surface area contributed by atoms with Gasteiger partial charge in [-0.2, -0.15) is 0 Å². The first-order valence-electron chi connectivity index (χ1n) is 8.24. The van der Waals surface area contributed by atoms with Crippen molar-refractivity contribution in [2.24, 2.45) is 11.0 Å². The Morgan fingerprint density at radius 1 is 1.27 bits per heavy atom. The van der Waals surface area contributed by atoms with Gasteiger partial charge in [0.25, 0.3) is 0 Å². The molecule has 1 aromatic carbocycles. The standard InChI is InChI=1S/C17H17F4N5/c18-13-8-4-7-12(17(13,20)9-11-5-2-1-3-6-11)15-16-23-26(21)24-25(16)14(19)10-22-15/h1-8,12,14-15,22,24H,9-10H2. The molecule has 0 bridgehead atoms. The summed E-state index contributed by atoms with van der Waals surface area (Å²) < 4.78 is 58.0. The molecule has 4 atom stereocenters. The number of rotatable bonds is 3. The van der Waals surface area contributed by atoms with Crippen molar-refractivity contribution >= 4 is 5.84 Å². The summed E-state index contributed by atoms with van der Waals surface area (Å²) in [5.74, 6) is -2.02. The molecule has 2 N–H and O–H groups in total. The quantitative estimate of drug-likeness (QED) is 0.489. The number of hydrogen-bond acceptors (Lipinski definition) is 5. The number of hydrazine groups is 2. The lowest BCUT2D eigenvalue weighted by Gasteiger charge is -2.42. The molecule has 138 valence electrons. The summed E-state index contributed by atoms with van der Waals surface area (Å²) in [5.41, 5.74) is 0.342. The van der Waals surface area contributed by atoms with Crippen LogP contribution in [0.5, 0.6) is 0 Å². The summed E-state index contributed by atoms with van der Waals surface area (Å²) in [7, 11) is 0. The Kier molecular flexibility index (Phi) is 4.20. The lowest BCUT2D eigenvalue weighted by Crippen LogP contribution is -2.65. The molecule has 1 saturated heterocycles. The SMILES string of the molecule is FC1=CC=CC(C2NCC(F)N3NN(F)N=C23)C1(F)Cc1ccccc1. The van der Waals surface area contributed by atoms with Crippen molar-refractivity contribution in [2.45, 2.75) is 24.4 Å². The average Bonchev–Trinajstić information content (AvgIpc) is 3.02. The molecule has 2 aliphatic heterocycles.